The molecule has 3 heteroatoms. The van der Waals surface area contributed by atoms with Gasteiger partial charge in [-0.25, -0.2) is 0 Å². The van der Waals surface area contributed by atoms with E-state index >= 15 is 0 Å². The molecule has 0 fully saturated rings. The van der Waals surface area contributed by atoms with Gasteiger partial charge in [0, 0.05) is 29.4 Å². The van der Waals surface area contributed by atoms with Gasteiger partial charge in [-0.05, 0) is 13.1 Å². The van der Waals surface area contributed by atoms with Gasteiger partial charge in [0.1, 0.15) is 0 Å². The molecule has 0 rings (SSSR count). The third-order valence-electron chi connectivity index (χ3n) is 0.518. The Morgan fingerprint density at radius 3 is 3.00 bits per heavy atom. The Hall–Kier alpha value is 0.360. The minimum Gasteiger partial charge on any atom is -0.296 e. The minimum atomic E-state index is 0.888. The molecule has 0 saturated carbocycles. The van der Waals surface area contributed by atoms with Crippen LogP contribution < -0.4 is 3.53 Å². The van der Waals surface area contributed by atoms with Gasteiger partial charge in [-0.15, -0.1) is 0 Å². The van der Waals surface area contributed by atoms with Crippen LogP contribution in [0, 0.1) is 0 Å². The first-order chi connectivity index (χ1) is 3.41. The average molecular weight is 212 g/mol. The Morgan fingerprint density at radius 2 is 2.57 bits per heavy atom. The van der Waals surface area contributed by atoms with Gasteiger partial charge < -0.3 is 0 Å². The van der Waals surface area contributed by atoms with E-state index in [0.29, 0.717) is 0 Å². The summed E-state index contributed by atoms with van der Waals surface area (Å²) in [5.74, 6) is 0. The van der Waals surface area contributed by atoms with Crippen LogP contribution in [0.25, 0.3) is 0 Å². The van der Waals surface area contributed by atoms with E-state index in [0.717, 1.165) is 13.1 Å². The summed E-state index contributed by atoms with van der Waals surface area (Å²) in [7, 11) is 0. The second kappa shape index (κ2) is 6.36. The first-order valence-electron chi connectivity index (χ1n) is 2.19. The van der Waals surface area contributed by atoms with E-state index in [1.54, 1.807) is 0 Å². The van der Waals surface area contributed by atoms with Crippen molar-refractivity contribution < 1.29 is 0 Å². The lowest BCUT2D eigenvalue weighted by atomic mass is 10.7. The fraction of sp³-hybridized carbons (Fsp3) is 0.750. The van der Waals surface area contributed by atoms with Crippen molar-refractivity contribution in [1.29, 1.82) is 0 Å². The molecule has 2 nitrogen and oxygen atoms in total. The van der Waals surface area contributed by atoms with Crippen LogP contribution in [0.1, 0.15) is 6.92 Å². The molecule has 0 bridgehead atoms. The quantitative estimate of drug-likeness (QED) is 0.321. The number of halogens is 1. The molecular weight excluding hydrogens is 203 g/mol. The zero-order chi connectivity index (χ0) is 5.54. The zero-order valence-electron chi connectivity index (χ0n) is 4.32. The Balaban J connectivity index is 2.69. The molecule has 0 heterocycles. The van der Waals surface area contributed by atoms with Crippen molar-refractivity contribution >= 4 is 29.1 Å². The molecule has 42 valence electrons. The lowest BCUT2D eigenvalue weighted by Crippen LogP contribution is -2.02. The van der Waals surface area contributed by atoms with Crippen LogP contribution in [-0.2, 0) is 0 Å². The average Bonchev–Trinajstić information content (AvgIpc) is 1.69. The highest BCUT2D eigenvalue weighted by Gasteiger charge is 1.72. The molecule has 0 aliphatic carbocycles. The SMILES string of the molecule is CC=NCCNI. The largest absolute Gasteiger partial charge is 0.296 e. The topological polar surface area (TPSA) is 24.4 Å². The number of nitrogens with zero attached hydrogens (tertiary/aromatic N) is 1. The van der Waals surface area contributed by atoms with E-state index in [-0.39, 0.29) is 0 Å². The lowest BCUT2D eigenvalue weighted by Gasteiger charge is -1.86. The van der Waals surface area contributed by atoms with Gasteiger partial charge >= 0.3 is 0 Å². The van der Waals surface area contributed by atoms with Crippen molar-refractivity contribution in [2.45, 2.75) is 6.92 Å². The van der Waals surface area contributed by atoms with Crippen molar-refractivity contribution in [2.75, 3.05) is 13.1 Å². The van der Waals surface area contributed by atoms with Crippen LogP contribution in [0.3, 0.4) is 0 Å². The summed E-state index contributed by atoms with van der Waals surface area (Å²) >= 11 is 2.10. The van der Waals surface area contributed by atoms with Gasteiger partial charge in [-0.1, -0.05) is 0 Å². The molecule has 7 heavy (non-hydrogen) atoms. The summed E-state index contributed by atoms with van der Waals surface area (Å²) in [4.78, 5) is 3.97. The lowest BCUT2D eigenvalue weighted by molar-refractivity contribution is 0.944. The molecule has 0 saturated heterocycles. The first kappa shape index (κ1) is 7.36. The third kappa shape index (κ3) is 6.36. The smallest absolute Gasteiger partial charge is 0.0518 e. The molecule has 0 aromatic rings. The molecular formula is C4H9IN2. The standard InChI is InChI=1S/C4H9IN2/c1-2-6-3-4-7-5/h2,7H,3-4H2,1H3. The molecule has 1 N–H and O–H groups in total. The minimum absolute atomic E-state index is 0.888. The summed E-state index contributed by atoms with van der Waals surface area (Å²) in [5.41, 5.74) is 0. The first-order valence-corrected chi connectivity index (χ1v) is 3.27. The second-order valence-corrected chi connectivity index (χ2v) is 1.81. The Morgan fingerprint density at radius 1 is 1.86 bits per heavy atom. The van der Waals surface area contributed by atoms with Gasteiger partial charge in [0.05, 0.1) is 6.54 Å². The van der Waals surface area contributed by atoms with E-state index in [9.17, 15) is 0 Å². The van der Waals surface area contributed by atoms with E-state index in [1.165, 1.54) is 0 Å². The number of hydrogen-bond donors (Lipinski definition) is 1. The Bertz CT molecular complexity index is 53.7. The van der Waals surface area contributed by atoms with Crippen molar-refractivity contribution in [2.24, 2.45) is 4.99 Å². The molecule has 0 radical (unpaired) electrons. The van der Waals surface area contributed by atoms with Gasteiger partial charge in [0.25, 0.3) is 0 Å². The summed E-state index contributed by atoms with van der Waals surface area (Å²) < 4.78 is 2.96. The predicted octanol–water partition coefficient (Wildman–Crippen LogP) is 1.02. The summed E-state index contributed by atoms with van der Waals surface area (Å²) in [6.45, 7) is 3.78. The highest BCUT2D eigenvalue weighted by Crippen LogP contribution is 1.69. The maximum atomic E-state index is 3.97. The van der Waals surface area contributed by atoms with Crippen molar-refractivity contribution in [3.8, 4) is 0 Å². The third-order valence-corrected chi connectivity index (χ3v) is 1.06. The van der Waals surface area contributed by atoms with Crippen molar-refractivity contribution in [3.63, 3.8) is 0 Å². The van der Waals surface area contributed by atoms with Gasteiger partial charge in [0.15, 0.2) is 0 Å². The van der Waals surface area contributed by atoms with Crippen LogP contribution in [0.2, 0.25) is 0 Å². The Kier molecular flexibility index (Phi) is 6.69. The zero-order valence-corrected chi connectivity index (χ0v) is 6.47. The predicted molar refractivity (Wildman–Crippen MR) is 41.1 cm³/mol. The van der Waals surface area contributed by atoms with E-state index in [1.807, 2.05) is 13.1 Å². The number of hydrogen-bond acceptors (Lipinski definition) is 2. The summed E-state index contributed by atoms with van der Waals surface area (Å²) in [5, 5.41) is 0. The number of nitrogens with one attached hydrogen (secondary N) is 1. The van der Waals surface area contributed by atoms with Crippen molar-refractivity contribution in [3.05, 3.63) is 0 Å². The molecule has 0 aliphatic rings. The van der Waals surface area contributed by atoms with Crippen LogP contribution in [-0.4, -0.2) is 19.3 Å². The van der Waals surface area contributed by atoms with Gasteiger partial charge in [-0.2, -0.15) is 0 Å². The molecule has 0 spiro atoms. The van der Waals surface area contributed by atoms with Gasteiger partial charge in [-0.3, -0.25) is 8.52 Å². The van der Waals surface area contributed by atoms with Crippen LogP contribution in [0.5, 0.6) is 0 Å². The maximum Gasteiger partial charge on any atom is 0.0518 e. The van der Waals surface area contributed by atoms with E-state index in [2.05, 4.69) is 31.4 Å². The summed E-state index contributed by atoms with van der Waals surface area (Å²) in [6, 6.07) is 0. The fourth-order valence-corrected chi connectivity index (χ4v) is 0.477. The normalized spacial score (nSPS) is 10.6. The fourth-order valence-electron chi connectivity index (χ4n) is 0.236. The molecule has 0 aliphatic heterocycles. The van der Waals surface area contributed by atoms with Crippen LogP contribution >= 0.6 is 22.9 Å². The molecule has 0 unspecified atom stereocenters. The highest BCUT2D eigenvalue weighted by molar-refractivity contribution is 14.1. The number of rotatable bonds is 3. The Labute approximate surface area is 57.9 Å². The van der Waals surface area contributed by atoms with Crippen molar-refractivity contribution in [1.82, 2.24) is 3.53 Å². The highest BCUT2D eigenvalue weighted by atomic mass is 127. The van der Waals surface area contributed by atoms with Gasteiger partial charge in [0.2, 0.25) is 0 Å². The second-order valence-electron chi connectivity index (χ2n) is 1.05. The molecule has 0 aromatic carbocycles. The monoisotopic (exact) mass is 212 g/mol. The summed E-state index contributed by atoms with van der Waals surface area (Å²) in [6.07, 6.45) is 1.81. The maximum absolute atomic E-state index is 3.97. The molecule has 0 aromatic heterocycles. The van der Waals surface area contributed by atoms with Crippen LogP contribution in [0.4, 0.5) is 0 Å². The molecule has 0 atom stereocenters. The van der Waals surface area contributed by atoms with E-state index in [4.69, 9.17) is 0 Å². The van der Waals surface area contributed by atoms with E-state index < -0.39 is 0 Å². The van der Waals surface area contributed by atoms with Crippen LogP contribution in [0.15, 0.2) is 4.99 Å². The molecule has 0 amide bonds. The number of aliphatic imine (C=N–C) groups is 1.